The molecule has 2 atom stereocenters. The first-order valence-corrected chi connectivity index (χ1v) is 5.75. The van der Waals surface area contributed by atoms with Gasteiger partial charge < -0.3 is 18.4 Å². The molecule has 0 bridgehead atoms. The predicted octanol–water partition coefficient (Wildman–Crippen LogP) is -7.63. The molecule has 0 aromatic rings. The summed E-state index contributed by atoms with van der Waals surface area (Å²) < 4.78 is 34.0. The second-order valence-corrected chi connectivity index (χ2v) is 4.73. The molecule has 0 amide bonds. The second kappa shape index (κ2) is 10.2. The van der Waals surface area contributed by atoms with E-state index in [-0.39, 0.29) is 62.0 Å². The summed E-state index contributed by atoms with van der Waals surface area (Å²) in [7, 11) is -4.98. The number of carboxylic acid groups (broad SMARTS) is 1. The minimum Gasteiger partial charge on any atom is -1.00 e. The van der Waals surface area contributed by atoms with Gasteiger partial charge in [-0.1, -0.05) is 0 Å². The van der Waals surface area contributed by atoms with E-state index >= 15 is 0 Å². The molecule has 0 aromatic carbocycles. The molecule has 1 unspecified atom stereocenters. The Morgan fingerprint density at radius 2 is 1.68 bits per heavy atom. The first kappa shape index (κ1) is 24.5. The van der Waals surface area contributed by atoms with Crippen molar-refractivity contribution < 1.29 is 99.2 Å². The van der Waals surface area contributed by atoms with E-state index in [4.69, 9.17) is 15.4 Å². The largest absolute Gasteiger partial charge is 1.00 e. The summed E-state index contributed by atoms with van der Waals surface area (Å²) in [5, 5.41) is 5.99. The van der Waals surface area contributed by atoms with Crippen molar-refractivity contribution in [1.82, 2.24) is 0 Å². The van der Waals surface area contributed by atoms with Crippen LogP contribution in [0.4, 0.5) is 0 Å². The van der Waals surface area contributed by atoms with Gasteiger partial charge >= 0.3 is 77.0 Å². The molecule has 0 aromatic heterocycles. The fourth-order valence-electron chi connectivity index (χ4n) is 0.727. The van der Waals surface area contributed by atoms with Crippen LogP contribution in [0.2, 0.25) is 0 Å². The fourth-order valence-corrected chi connectivity index (χ4v) is 1.37. The molecule has 0 rings (SSSR count). The van der Waals surface area contributed by atoms with Crippen molar-refractivity contribution in [2.24, 2.45) is 5.73 Å². The summed E-state index contributed by atoms with van der Waals surface area (Å²) in [6, 6.07) is -1.19. The fraction of sp³-hybridized carbons (Fsp3) is 0.571. The number of nitrogens with two attached hydrogens (primary N) is 1. The Balaban J connectivity index is -0.000000213. The summed E-state index contributed by atoms with van der Waals surface area (Å²) in [5.41, 5.74) is 5.04. The quantitative estimate of drug-likeness (QED) is 0.193. The maximum atomic E-state index is 11.1. The molecule has 19 heavy (non-hydrogen) atoms. The van der Waals surface area contributed by atoms with Crippen LogP contribution in [0, 0.1) is 0 Å². The third-order valence-corrected chi connectivity index (χ3v) is 2.63. The Bertz CT molecular complexity index is 444. The zero-order valence-corrected chi connectivity index (χ0v) is 15.5. The molecule has 0 fully saturated rings. The molecule has 102 valence electrons. The van der Waals surface area contributed by atoms with E-state index < -0.39 is 45.7 Å². The average Bonchev–Trinajstić information content (AvgIpc) is 2.11. The number of hydrogen-bond donors (Lipinski definition) is 3. The van der Waals surface area contributed by atoms with Gasteiger partial charge in [-0.3, -0.25) is 14.1 Å². The van der Waals surface area contributed by atoms with Crippen molar-refractivity contribution in [2.75, 3.05) is 0 Å². The molecule has 0 aliphatic heterocycles. The Kier molecular flexibility index (Phi) is 13.2. The standard InChI is InChI=1S/C7H11NO8S.2Na.2H/c1-3(8)6(11)16-7(12)4(2-5(9)10)17(13,14)15;;;;/h3-4H,2,8H2,1H3,(H,9,10)(H,13,14,15);;;;/q;2*+1;2*-1/t3-,4?;;;;/m0..../s1. The van der Waals surface area contributed by atoms with Gasteiger partial charge in [-0.25, -0.2) is 4.79 Å². The third-order valence-electron chi connectivity index (χ3n) is 1.56. The number of hydrogen-bond acceptors (Lipinski definition) is 7. The number of aliphatic carboxylic acids is 1. The summed E-state index contributed by atoms with van der Waals surface area (Å²) >= 11 is 0. The van der Waals surface area contributed by atoms with Crippen LogP contribution in [0.5, 0.6) is 0 Å². The molecule has 12 heteroatoms. The Morgan fingerprint density at radius 1 is 1.26 bits per heavy atom. The number of carbonyl (C=O) groups is 3. The number of esters is 2. The Hall–Kier alpha value is 0.480. The number of carbonyl (C=O) groups excluding carboxylic acids is 2. The van der Waals surface area contributed by atoms with Gasteiger partial charge in [-0.05, 0) is 6.92 Å². The van der Waals surface area contributed by atoms with E-state index in [2.05, 4.69) is 4.74 Å². The smallest absolute Gasteiger partial charge is 1.00 e. The van der Waals surface area contributed by atoms with Crippen LogP contribution >= 0.6 is 0 Å². The minimum absolute atomic E-state index is 0. The molecule has 0 saturated carbocycles. The summed E-state index contributed by atoms with van der Waals surface area (Å²) in [6.45, 7) is 1.18. The normalized spacial score (nSPS) is 13.2. The number of rotatable bonds is 5. The Labute approximate surface area is 156 Å². The third kappa shape index (κ3) is 9.93. The van der Waals surface area contributed by atoms with Crippen molar-refractivity contribution in [2.45, 2.75) is 24.6 Å². The zero-order chi connectivity index (χ0) is 13.8. The van der Waals surface area contributed by atoms with E-state index in [0.29, 0.717) is 0 Å². The molecule has 0 aliphatic carbocycles. The maximum Gasteiger partial charge on any atom is 1.00 e. The van der Waals surface area contributed by atoms with Gasteiger partial charge in [0.2, 0.25) is 0 Å². The maximum absolute atomic E-state index is 11.1. The Morgan fingerprint density at radius 3 is 1.95 bits per heavy atom. The van der Waals surface area contributed by atoms with Crippen LogP contribution in [-0.4, -0.2) is 47.3 Å². The van der Waals surface area contributed by atoms with Crippen molar-refractivity contribution in [3.63, 3.8) is 0 Å². The zero-order valence-electron chi connectivity index (χ0n) is 12.7. The van der Waals surface area contributed by atoms with Gasteiger partial charge in [0.15, 0.2) is 5.25 Å². The predicted molar refractivity (Wildman–Crippen MR) is 54.6 cm³/mol. The minimum atomic E-state index is -4.98. The molecular weight excluding hydrogens is 304 g/mol. The topological polar surface area (TPSA) is 161 Å². The van der Waals surface area contributed by atoms with Crippen molar-refractivity contribution >= 4 is 28.0 Å². The molecular formula is C7H13NNa2O8S. The molecule has 0 radical (unpaired) electrons. The van der Waals surface area contributed by atoms with E-state index in [1.54, 1.807) is 0 Å². The first-order valence-electron chi connectivity index (χ1n) is 4.25. The SMILES string of the molecule is C[C@H](N)C(=O)OC(=O)C(CC(=O)O)S(=O)(=O)O.[H-].[H-].[Na+].[Na+]. The van der Waals surface area contributed by atoms with Gasteiger partial charge in [0.05, 0.1) is 6.42 Å². The molecule has 9 nitrogen and oxygen atoms in total. The van der Waals surface area contributed by atoms with Crippen LogP contribution in [0.1, 0.15) is 16.2 Å². The summed E-state index contributed by atoms with van der Waals surface area (Å²) in [5.74, 6) is -4.57. The van der Waals surface area contributed by atoms with Crippen LogP contribution in [-0.2, 0) is 29.2 Å². The average molecular weight is 317 g/mol. The van der Waals surface area contributed by atoms with E-state index in [0.717, 1.165) is 0 Å². The van der Waals surface area contributed by atoms with Crippen molar-refractivity contribution in [3.8, 4) is 0 Å². The van der Waals surface area contributed by atoms with Gasteiger partial charge in [0.1, 0.15) is 6.04 Å². The summed E-state index contributed by atoms with van der Waals surface area (Å²) in [4.78, 5) is 32.3. The van der Waals surface area contributed by atoms with E-state index in [1.807, 2.05) is 0 Å². The molecule has 0 aliphatic rings. The van der Waals surface area contributed by atoms with E-state index in [9.17, 15) is 22.8 Å². The molecule has 0 saturated heterocycles. The second-order valence-electron chi connectivity index (χ2n) is 3.13. The van der Waals surface area contributed by atoms with E-state index in [1.165, 1.54) is 6.92 Å². The summed E-state index contributed by atoms with van der Waals surface area (Å²) in [6.07, 6.45) is -1.22. The van der Waals surface area contributed by atoms with Crippen LogP contribution in [0.15, 0.2) is 0 Å². The molecule has 4 N–H and O–H groups in total. The van der Waals surface area contributed by atoms with Gasteiger partial charge in [0.25, 0.3) is 10.1 Å². The van der Waals surface area contributed by atoms with Gasteiger partial charge in [-0.15, -0.1) is 0 Å². The molecule has 0 spiro atoms. The van der Waals surface area contributed by atoms with Crippen molar-refractivity contribution in [3.05, 3.63) is 0 Å². The first-order chi connectivity index (χ1) is 7.55. The number of carboxylic acids is 1. The number of ether oxygens (including phenoxy) is 1. The van der Waals surface area contributed by atoms with Crippen molar-refractivity contribution in [1.29, 1.82) is 0 Å². The van der Waals surface area contributed by atoms with Crippen LogP contribution in [0.3, 0.4) is 0 Å². The molecule has 0 heterocycles. The monoisotopic (exact) mass is 317 g/mol. The van der Waals surface area contributed by atoms with Gasteiger partial charge in [0, 0.05) is 0 Å². The van der Waals surface area contributed by atoms with Crippen LogP contribution < -0.4 is 64.8 Å². The van der Waals surface area contributed by atoms with Crippen LogP contribution in [0.25, 0.3) is 0 Å². The van der Waals surface area contributed by atoms with Gasteiger partial charge in [-0.2, -0.15) is 8.42 Å².